The van der Waals surface area contributed by atoms with Gasteiger partial charge in [0.15, 0.2) is 5.96 Å². The number of carbonyl (C=O) groups is 1. The molecule has 0 radical (unpaired) electrons. The van der Waals surface area contributed by atoms with Crippen LogP contribution < -0.4 is 16.0 Å². The van der Waals surface area contributed by atoms with E-state index in [0.29, 0.717) is 30.3 Å². The normalized spacial score (nSPS) is 10.3. The van der Waals surface area contributed by atoms with Crippen molar-refractivity contribution in [3.05, 3.63) is 54.0 Å². The van der Waals surface area contributed by atoms with Gasteiger partial charge in [0.2, 0.25) is 5.91 Å². The Bertz CT molecular complexity index is 736. The van der Waals surface area contributed by atoms with Crippen LogP contribution >= 0.6 is 24.0 Å². The molecule has 1 amide bonds. The van der Waals surface area contributed by atoms with Crippen LogP contribution in [0.2, 0.25) is 0 Å². The van der Waals surface area contributed by atoms with Gasteiger partial charge in [-0.2, -0.15) is 0 Å². The second-order valence-electron chi connectivity index (χ2n) is 4.90. The van der Waals surface area contributed by atoms with Gasteiger partial charge in [0.25, 0.3) is 0 Å². The van der Waals surface area contributed by atoms with Gasteiger partial charge in [-0.25, -0.2) is 4.99 Å². The van der Waals surface area contributed by atoms with Crippen molar-refractivity contribution < 1.29 is 9.21 Å². The number of hydrogen-bond donors (Lipinski definition) is 3. The van der Waals surface area contributed by atoms with Gasteiger partial charge >= 0.3 is 0 Å². The number of furan rings is 1. The molecule has 7 heteroatoms. The molecule has 3 N–H and O–H groups in total. The highest BCUT2D eigenvalue weighted by atomic mass is 127. The largest absolute Gasteiger partial charge is 0.467 e. The highest BCUT2D eigenvalue weighted by Gasteiger charge is 2.04. The lowest BCUT2D eigenvalue weighted by Gasteiger charge is -2.10. The molecule has 0 spiro atoms. The fourth-order valence-electron chi connectivity index (χ4n) is 1.96. The maximum atomic E-state index is 12.0. The second kappa shape index (κ2) is 11.1. The molecule has 1 aromatic heterocycles. The van der Waals surface area contributed by atoms with Crippen LogP contribution in [0, 0.1) is 12.3 Å². The quantitative estimate of drug-likeness (QED) is 0.273. The minimum Gasteiger partial charge on any atom is -0.467 e. The second-order valence-corrected chi connectivity index (χ2v) is 4.90. The van der Waals surface area contributed by atoms with Crippen LogP contribution in [-0.4, -0.2) is 25.0 Å². The minimum absolute atomic E-state index is 0. The Balaban J connectivity index is 0.00000312. The Morgan fingerprint density at radius 1 is 1.28 bits per heavy atom. The summed E-state index contributed by atoms with van der Waals surface area (Å²) in [7, 11) is 0. The van der Waals surface area contributed by atoms with Crippen molar-refractivity contribution in [1.82, 2.24) is 10.6 Å². The lowest BCUT2D eigenvalue weighted by atomic mass is 10.2. The van der Waals surface area contributed by atoms with Gasteiger partial charge in [-0.3, -0.25) is 4.79 Å². The van der Waals surface area contributed by atoms with E-state index in [0.717, 1.165) is 5.76 Å². The summed E-state index contributed by atoms with van der Waals surface area (Å²) in [5.74, 6) is 3.64. The third kappa shape index (κ3) is 7.30. The Kier molecular flexibility index (Phi) is 9.17. The van der Waals surface area contributed by atoms with Crippen LogP contribution in [0.25, 0.3) is 0 Å². The van der Waals surface area contributed by atoms with Crippen molar-refractivity contribution in [1.29, 1.82) is 0 Å². The molecule has 0 bridgehead atoms. The molecule has 0 saturated carbocycles. The van der Waals surface area contributed by atoms with E-state index in [1.807, 2.05) is 19.1 Å². The first kappa shape index (κ1) is 20.6. The van der Waals surface area contributed by atoms with E-state index in [1.165, 1.54) is 0 Å². The summed E-state index contributed by atoms with van der Waals surface area (Å²) in [6, 6.07) is 10.8. The summed E-state index contributed by atoms with van der Waals surface area (Å²) in [6.07, 6.45) is 6.96. The van der Waals surface area contributed by atoms with Gasteiger partial charge in [0.05, 0.1) is 12.8 Å². The Hall–Kier alpha value is -2.47. The number of benzene rings is 1. The zero-order valence-corrected chi connectivity index (χ0v) is 16.2. The zero-order chi connectivity index (χ0) is 17.2. The fourth-order valence-corrected chi connectivity index (χ4v) is 1.96. The van der Waals surface area contributed by atoms with Crippen LogP contribution in [0.1, 0.15) is 18.2 Å². The number of hydrogen-bond acceptors (Lipinski definition) is 3. The number of halogens is 1. The molecule has 0 atom stereocenters. The topological polar surface area (TPSA) is 78.7 Å². The summed E-state index contributed by atoms with van der Waals surface area (Å²) in [5.41, 5.74) is 1.36. The maximum absolute atomic E-state index is 12.0. The third-order valence-electron chi connectivity index (χ3n) is 3.05. The maximum Gasteiger partial charge on any atom is 0.246 e. The number of aliphatic imine (C=N–C) groups is 1. The predicted octanol–water partition coefficient (Wildman–Crippen LogP) is 2.57. The summed E-state index contributed by atoms with van der Waals surface area (Å²) in [4.78, 5) is 16.3. The van der Waals surface area contributed by atoms with Gasteiger partial charge in [0, 0.05) is 17.8 Å². The summed E-state index contributed by atoms with van der Waals surface area (Å²) in [5, 5.41) is 8.94. The standard InChI is InChI=1S/C18H20N4O2.HI/c1-3-14-7-5-8-15(11-14)22-17(23)13-21-18(19-4-2)20-12-16-9-6-10-24-16;/h1,5-11H,4,12-13H2,2H3,(H,22,23)(H2,19,20,21);1H. The molecule has 2 aromatic rings. The Morgan fingerprint density at radius 3 is 2.80 bits per heavy atom. The molecule has 1 aromatic carbocycles. The molecule has 25 heavy (non-hydrogen) atoms. The minimum atomic E-state index is -0.223. The number of anilines is 1. The highest BCUT2D eigenvalue weighted by Crippen LogP contribution is 2.09. The Morgan fingerprint density at radius 2 is 2.12 bits per heavy atom. The highest BCUT2D eigenvalue weighted by molar-refractivity contribution is 14.0. The van der Waals surface area contributed by atoms with Crippen molar-refractivity contribution in [2.45, 2.75) is 13.5 Å². The van der Waals surface area contributed by atoms with Crippen molar-refractivity contribution in [2.75, 3.05) is 18.4 Å². The van der Waals surface area contributed by atoms with Crippen LogP contribution in [0.4, 0.5) is 5.69 Å². The lowest BCUT2D eigenvalue weighted by molar-refractivity contribution is -0.114. The predicted molar refractivity (Wildman–Crippen MR) is 110 cm³/mol. The number of carbonyl (C=O) groups excluding carboxylic acids is 1. The number of terminal acetylenes is 1. The zero-order valence-electron chi connectivity index (χ0n) is 13.9. The van der Waals surface area contributed by atoms with E-state index < -0.39 is 0 Å². The summed E-state index contributed by atoms with van der Waals surface area (Å²) < 4.78 is 5.25. The van der Waals surface area contributed by atoms with Crippen molar-refractivity contribution in [3.63, 3.8) is 0 Å². The average Bonchev–Trinajstić information content (AvgIpc) is 3.11. The number of nitrogens with zero attached hydrogens (tertiary/aromatic N) is 1. The number of nitrogens with one attached hydrogen (secondary N) is 3. The molecule has 0 aliphatic heterocycles. The molecular formula is C18H21IN4O2. The number of guanidine groups is 1. The molecule has 2 rings (SSSR count). The molecular weight excluding hydrogens is 431 g/mol. The molecule has 132 valence electrons. The first-order valence-corrected chi connectivity index (χ1v) is 7.62. The summed E-state index contributed by atoms with van der Waals surface area (Å²) in [6.45, 7) is 3.13. The smallest absolute Gasteiger partial charge is 0.246 e. The molecule has 0 aliphatic carbocycles. The van der Waals surface area contributed by atoms with E-state index >= 15 is 0 Å². The Labute approximate surface area is 164 Å². The van der Waals surface area contributed by atoms with Crippen LogP contribution in [0.5, 0.6) is 0 Å². The van der Waals surface area contributed by atoms with Crippen molar-refractivity contribution in [3.8, 4) is 12.3 Å². The first-order valence-electron chi connectivity index (χ1n) is 7.62. The molecule has 0 fully saturated rings. The monoisotopic (exact) mass is 452 g/mol. The van der Waals surface area contributed by atoms with Crippen LogP contribution in [0.15, 0.2) is 52.1 Å². The average molecular weight is 452 g/mol. The lowest BCUT2D eigenvalue weighted by Crippen LogP contribution is -2.37. The van der Waals surface area contributed by atoms with Gasteiger partial charge < -0.3 is 20.4 Å². The van der Waals surface area contributed by atoms with Crippen LogP contribution in [0.3, 0.4) is 0 Å². The van der Waals surface area contributed by atoms with Gasteiger partial charge in [-0.1, -0.05) is 12.0 Å². The number of amides is 1. The van der Waals surface area contributed by atoms with E-state index in [-0.39, 0.29) is 36.4 Å². The summed E-state index contributed by atoms with van der Waals surface area (Å²) >= 11 is 0. The molecule has 6 nitrogen and oxygen atoms in total. The van der Waals surface area contributed by atoms with E-state index in [1.54, 1.807) is 30.5 Å². The molecule has 0 unspecified atom stereocenters. The number of rotatable bonds is 6. The molecule has 1 heterocycles. The van der Waals surface area contributed by atoms with E-state index in [9.17, 15) is 4.79 Å². The van der Waals surface area contributed by atoms with E-state index in [4.69, 9.17) is 10.8 Å². The van der Waals surface area contributed by atoms with Gasteiger partial charge in [0.1, 0.15) is 12.3 Å². The molecule has 0 saturated heterocycles. The van der Waals surface area contributed by atoms with Gasteiger partial charge in [-0.05, 0) is 37.3 Å². The first-order chi connectivity index (χ1) is 11.7. The van der Waals surface area contributed by atoms with Crippen LogP contribution in [-0.2, 0) is 11.3 Å². The van der Waals surface area contributed by atoms with Crippen molar-refractivity contribution >= 4 is 41.5 Å². The SMILES string of the molecule is C#Cc1cccc(NC(=O)CN=C(NCC)NCc2ccco2)c1.I. The molecule has 0 aliphatic rings. The fraction of sp³-hybridized carbons (Fsp3) is 0.222. The third-order valence-corrected chi connectivity index (χ3v) is 3.05. The van der Waals surface area contributed by atoms with E-state index in [2.05, 4.69) is 26.9 Å². The van der Waals surface area contributed by atoms with Crippen molar-refractivity contribution in [2.24, 2.45) is 4.99 Å². The van der Waals surface area contributed by atoms with Gasteiger partial charge in [-0.15, -0.1) is 30.4 Å².